The molecule has 1 aromatic rings. The Morgan fingerprint density at radius 1 is 1.39 bits per heavy atom. The van der Waals surface area contributed by atoms with Gasteiger partial charge < -0.3 is 9.73 Å². The molecule has 1 amide bonds. The Kier molecular flexibility index (Phi) is 5.33. The van der Waals surface area contributed by atoms with Gasteiger partial charge in [0.15, 0.2) is 5.78 Å². The zero-order valence-corrected chi connectivity index (χ0v) is 11.7. The monoisotopic (exact) mass is 271 g/mol. The summed E-state index contributed by atoms with van der Waals surface area (Å²) < 4.78 is 5.13. The highest BCUT2D eigenvalue weighted by Gasteiger charge is 2.20. The number of aromatic nitrogens is 2. The van der Waals surface area contributed by atoms with Crippen molar-refractivity contribution in [2.45, 2.75) is 39.0 Å². The number of thioether (sulfide) groups is 1. The van der Waals surface area contributed by atoms with Crippen molar-refractivity contribution < 1.29 is 14.0 Å². The van der Waals surface area contributed by atoms with E-state index < -0.39 is 6.04 Å². The van der Waals surface area contributed by atoms with Gasteiger partial charge >= 0.3 is 0 Å². The summed E-state index contributed by atoms with van der Waals surface area (Å²) >= 11 is 1.15. The summed E-state index contributed by atoms with van der Waals surface area (Å²) in [5.41, 5.74) is 0. The maximum Gasteiger partial charge on any atom is 0.277 e. The molecule has 1 unspecified atom stereocenters. The van der Waals surface area contributed by atoms with Crippen LogP contribution in [0, 0.1) is 12.8 Å². The Bertz CT molecular complexity index is 431. The first-order valence-corrected chi connectivity index (χ1v) is 6.61. The molecule has 1 N–H and O–H groups in total. The zero-order valence-electron chi connectivity index (χ0n) is 10.9. The lowest BCUT2D eigenvalue weighted by Gasteiger charge is -2.18. The van der Waals surface area contributed by atoms with Gasteiger partial charge in [-0.15, -0.1) is 10.2 Å². The lowest BCUT2D eigenvalue weighted by Crippen LogP contribution is -2.44. The molecule has 0 saturated heterocycles. The van der Waals surface area contributed by atoms with Gasteiger partial charge in [-0.2, -0.15) is 0 Å². The van der Waals surface area contributed by atoms with Gasteiger partial charge in [0.1, 0.15) is 0 Å². The van der Waals surface area contributed by atoms with E-state index >= 15 is 0 Å². The van der Waals surface area contributed by atoms with Crippen LogP contribution in [0.2, 0.25) is 0 Å². The normalized spacial score (nSPS) is 12.5. The lowest BCUT2D eigenvalue weighted by atomic mass is 10.0. The minimum absolute atomic E-state index is 0.0445. The van der Waals surface area contributed by atoms with Gasteiger partial charge in [-0.25, -0.2) is 0 Å². The van der Waals surface area contributed by atoms with Crippen LogP contribution in [0.3, 0.4) is 0 Å². The summed E-state index contributed by atoms with van der Waals surface area (Å²) in [4.78, 5) is 23.0. The third kappa shape index (κ3) is 4.48. The number of nitrogens with zero attached hydrogens (tertiary/aromatic N) is 2. The molecular formula is C11H17N3O3S. The van der Waals surface area contributed by atoms with Crippen LogP contribution in [-0.4, -0.2) is 33.7 Å². The summed E-state index contributed by atoms with van der Waals surface area (Å²) in [5, 5.41) is 10.5. The van der Waals surface area contributed by atoms with Gasteiger partial charge in [-0.3, -0.25) is 9.59 Å². The Morgan fingerprint density at radius 2 is 2.06 bits per heavy atom. The molecule has 6 nitrogen and oxygen atoms in total. The largest absolute Gasteiger partial charge is 0.416 e. The second-order valence-electron chi connectivity index (χ2n) is 4.28. The van der Waals surface area contributed by atoms with E-state index in [-0.39, 0.29) is 23.4 Å². The van der Waals surface area contributed by atoms with E-state index in [2.05, 4.69) is 15.5 Å². The molecule has 0 saturated carbocycles. The number of Topliss-reactive ketones (excluding diaryl/α,β-unsaturated/α-hetero) is 1. The van der Waals surface area contributed by atoms with Crippen LogP contribution < -0.4 is 5.32 Å². The van der Waals surface area contributed by atoms with Gasteiger partial charge in [-0.05, 0) is 12.8 Å². The summed E-state index contributed by atoms with van der Waals surface area (Å²) in [6.45, 7) is 6.93. The molecule has 0 spiro atoms. The summed E-state index contributed by atoms with van der Waals surface area (Å²) in [5.74, 6) is 0.420. The molecular weight excluding hydrogens is 254 g/mol. The Hall–Kier alpha value is -1.37. The molecule has 0 aliphatic carbocycles. The maximum absolute atomic E-state index is 11.7. The van der Waals surface area contributed by atoms with Crippen LogP contribution in [0.1, 0.15) is 26.7 Å². The van der Waals surface area contributed by atoms with Gasteiger partial charge in [0.2, 0.25) is 11.8 Å². The topological polar surface area (TPSA) is 85.1 Å². The summed E-state index contributed by atoms with van der Waals surface area (Å²) in [6.07, 6.45) is 0. The molecule has 0 aliphatic heterocycles. The number of nitrogens with one attached hydrogen (secondary N) is 1. The van der Waals surface area contributed by atoms with E-state index in [0.717, 1.165) is 11.8 Å². The van der Waals surface area contributed by atoms with Gasteiger partial charge in [-0.1, -0.05) is 25.6 Å². The number of carbonyl (C=O) groups excluding carboxylic acids is 2. The highest BCUT2D eigenvalue weighted by atomic mass is 32.2. The fourth-order valence-electron chi connectivity index (χ4n) is 1.42. The maximum atomic E-state index is 11.7. The minimum atomic E-state index is -0.442. The fraction of sp³-hybridized carbons (Fsp3) is 0.636. The van der Waals surface area contributed by atoms with Crippen LogP contribution in [0.4, 0.5) is 0 Å². The second kappa shape index (κ2) is 6.53. The van der Waals surface area contributed by atoms with Crippen molar-refractivity contribution in [1.82, 2.24) is 15.5 Å². The van der Waals surface area contributed by atoms with Crippen LogP contribution in [0.25, 0.3) is 0 Å². The average molecular weight is 271 g/mol. The molecule has 7 heteroatoms. The highest BCUT2D eigenvalue weighted by molar-refractivity contribution is 7.99. The summed E-state index contributed by atoms with van der Waals surface area (Å²) in [6, 6.07) is -0.442. The van der Waals surface area contributed by atoms with E-state index in [0.29, 0.717) is 11.1 Å². The first kappa shape index (κ1) is 14.7. The Labute approximate surface area is 110 Å². The van der Waals surface area contributed by atoms with E-state index in [9.17, 15) is 9.59 Å². The minimum Gasteiger partial charge on any atom is -0.416 e. The smallest absolute Gasteiger partial charge is 0.277 e. The third-order valence-electron chi connectivity index (χ3n) is 2.26. The fourth-order valence-corrected chi connectivity index (χ4v) is 2.03. The van der Waals surface area contributed by atoms with Crippen molar-refractivity contribution in [2.75, 3.05) is 5.75 Å². The van der Waals surface area contributed by atoms with Crippen LogP contribution in [0.15, 0.2) is 9.64 Å². The van der Waals surface area contributed by atoms with Gasteiger partial charge in [0.05, 0.1) is 11.8 Å². The molecule has 1 atom stereocenters. The number of ketones is 1. The standard InChI is InChI=1S/C11H17N3O3S/c1-6(2)10(7(3)15)12-9(16)5-18-11-14-13-8(4)17-11/h6,10H,5H2,1-4H3,(H,12,16). The van der Waals surface area contributed by atoms with Crippen molar-refractivity contribution >= 4 is 23.5 Å². The second-order valence-corrected chi connectivity index (χ2v) is 5.20. The van der Waals surface area contributed by atoms with Crippen molar-refractivity contribution in [2.24, 2.45) is 5.92 Å². The molecule has 0 aromatic carbocycles. The molecule has 1 rings (SSSR count). The number of amides is 1. The van der Waals surface area contributed by atoms with Crippen molar-refractivity contribution in [3.63, 3.8) is 0 Å². The van der Waals surface area contributed by atoms with Crippen LogP contribution in [0.5, 0.6) is 0 Å². The average Bonchev–Trinajstić information content (AvgIpc) is 2.68. The lowest BCUT2D eigenvalue weighted by molar-refractivity contribution is -0.126. The first-order valence-electron chi connectivity index (χ1n) is 5.63. The number of hydrogen-bond donors (Lipinski definition) is 1. The predicted octanol–water partition coefficient (Wildman–Crippen LogP) is 1.20. The zero-order chi connectivity index (χ0) is 13.7. The molecule has 100 valence electrons. The first-order chi connectivity index (χ1) is 8.40. The molecule has 18 heavy (non-hydrogen) atoms. The molecule has 0 aliphatic rings. The summed E-state index contributed by atoms with van der Waals surface area (Å²) in [7, 11) is 0. The van der Waals surface area contributed by atoms with E-state index in [1.165, 1.54) is 6.92 Å². The van der Waals surface area contributed by atoms with Gasteiger partial charge in [0, 0.05) is 6.92 Å². The number of carbonyl (C=O) groups is 2. The number of hydrogen-bond acceptors (Lipinski definition) is 6. The van der Waals surface area contributed by atoms with Crippen molar-refractivity contribution in [3.05, 3.63) is 5.89 Å². The Morgan fingerprint density at radius 3 is 2.50 bits per heavy atom. The molecule has 1 heterocycles. The van der Waals surface area contributed by atoms with E-state index in [4.69, 9.17) is 4.42 Å². The van der Waals surface area contributed by atoms with Gasteiger partial charge in [0.25, 0.3) is 5.22 Å². The quantitative estimate of drug-likeness (QED) is 0.782. The SMILES string of the molecule is CC(=O)C(NC(=O)CSc1nnc(C)o1)C(C)C. The number of aryl methyl sites for hydroxylation is 1. The highest BCUT2D eigenvalue weighted by Crippen LogP contribution is 2.15. The van der Waals surface area contributed by atoms with Crippen molar-refractivity contribution in [1.29, 1.82) is 0 Å². The van der Waals surface area contributed by atoms with Crippen LogP contribution >= 0.6 is 11.8 Å². The Balaban J connectivity index is 2.43. The molecule has 0 radical (unpaired) electrons. The number of rotatable bonds is 6. The van der Waals surface area contributed by atoms with E-state index in [1.54, 1.807) is 6.92 Å². The van der Waals surface area contributed by atoms with E-state index in [1.807, 2.05) is 13.8 Å². The van der Waals surface area contributed by atoms with Crippen LogP contribution in [-0.2, 0) is 9.59 Å². The molecule has 0 fully saturated rings. The third-order valence-corrected chi connectivity index (χ3v) is 3.07. The predicted molar refractivity (Wildman–Crippen MR) is 67.2 cm³/mol. The molecule has 1 aromatic heterocycles. The molecule has 0 bridgehead atoms. The van der Waals surface area contributed by atoms with Crippen molar-refractivity contribution in [3.8, 4) is 0 Å².